The van der Waals surface area contributed by atoms with Gasteiger partial charge >= 0.3 is 0 Å². The van der Waals surface area contributed by atoms with Gasteiger partial charge in [0, 0.05) is 33.2 Å². The lowest BCUT2D eigenvalue weighted by Crippen LogP contribution is -2.00. The summed E-state index contributed by atoms with van der Waals surface area (Å²) >= 11 is 0. The molecule has 4 nitrogen and oxygen atoms in total. The minimum Gasteiger partial charge on any atom is -0.309 e. The fourth-order valence-corrected chi connectivity index (χ4v) is 8.32. The van der Waals surface area contributed by atoms with Crippen LogP contribution in [-0.4, -0.2) is 19.5 Å². The molecule has 11 aromatic rings. The van der Waals surface area contributed by atoms with Crippen LogP contribution in [-0.2, 0) is 0 Å². The van der Waals surface area contributed by atoms with E-state index in [1.54, 1.807) is 0 Å². The van der Waals surface area contributed by atoms with E-state index in [1.807, 2.05) is 60.7 Å². The summed E-state index contributed by atoms with van der Waals surface area (Å²) in [6.45, 7) is 0. The van der Waals surface area contributed by atoms with Crippen LogP contribution >= 0.6 is 0 Å². The van der Waals surface area contributed by atoms with Gasteiger partial charge in [-0.3, -0.25) is 0 Å². The van der Waals surface area contributed by atoms with Gasteiger partial charge in [0.2, 0.25) is 0 Å². The first-order chi connectivity index (χ1) is 27.3. The minimum absolute atomic E-state index is 0.647. The first-order valence-corrected chi connectivity index (χ1v) is 18.6. The van der Waals surface area contributed by atoms with Gasteiger partial charge in [0.15, 0.2) is 17.5 Å². The zero-order valence-electron chi connectivity index (χ0n) is 29.8. The molecule has 256 valence electrons. The highest BCUT2D eigenvalue weighted by Crippen LogP contribution is 2.42. The summed E-state index contributed by atoms with van der Waals surface area (Å²) in [4.78, 5) is 15.0. The van der Waals surface area contributed by atoms with Crippen LogP contribution in [0.3, 0.4) is 0 Å². The minimum atomic E-state index is 0.647. The molecule has 2 heterocycles. The normalized spacial score (nSPS) is 11.6. The summed E-state index contributed by atoms with van der Waals surface area (Å²) in [5.41, 5.74) is 8.81. The predicted molar refractivity (Wildman–Crippen MR) is 228 cm³/mol. The van der Waals surface area contributed by atoms with Gasteiger partial charge < -0.3 is 4.57 Å². The Kier molecular flexibility index (Phi) is 7.14. The molecule has 4 heteroatoms. The third-order valence-electron chi connectivity index (χ3n) is 10.8. The quantitative estimate of drug-likeness (QED) is 0.168. The summed E-state index contributed by atoms with van der Waals surface area (Å²) < 4.78 is 2.38. The van der Waals surface area contributed by atoms with E-state index in [1.165, 1.54) is 65.3 Å². The maximum absolute atomic E-state index is 5.06. The van der Waals surface area contributed by atoms with Crippen molar-refractivity contribution in [1.82, 2.24) is 19.5 Å². The molecule has 0 N–H and O–H groups in total. The van der Waals surface area contributed by atoms with Crippen molar-refractivity contribution in [3.63, 3.8) is 0 Å². The predicted octanol–water partition coefficient (Wildman–Crippen LogP) is 13.1. The topological polar surface area (TPSA) is 43.6 Å². The first kappa shape index (κ1) is 31.1. The molecule has 11 rings (SSSR count). The molecule has 0 amide bonds. The van der Waals surface area contributed by atoms with Gasteiger partial charge in [-0.05, 0) is 79.8 Å². The van der Waals surface area contributed by atoms with Crippen LogP contribution in [0.5, 0.6) is 0 Å². The van der Waals surface area contributed by atoms with Gasteiger partial charge in [-0.2, -0.15) is 0 Å². The third-order valence-corrected chi connectivity index (χ3v) is 10.8. The van der Waals surface area contributed by atoms with Gasteiger partial charge in [0.05, 0.1) is 11.0 Å². The average Bonchev–Trinajstić information content (AvgIpc) is 3.61. The highest BCUT2D eigenvalue weighted by Gasteiger charge is 2.18. The Balaban J connectivity index is 1.14. The van der Waals surface area contributed by atoms with Crippen LogP contribution in [0.25, 0.3) is 105 Å². The van der Waals surface area contributed by atoms with Gasteiger partial charge in [-0.1, -0.05) is 158 Å². The molecule has 0 bridgehead atoms. The zero-order valence-corrected chi connectivity index (χ0v) is 29.8. The van der Waals surface area contributed by atoms with E-state index >= 15 is 0 Å². The van der Waals surface area contributed by atoms with Crippen LogP contribution in [0.1, 0.15) is 0 Å². The molecular weight excluding hydrogens is 669 g/mol. The molecule has 9 aromatic carbocycles. The fraction of sp³-hybridized carbons (Fsp3) is 0. The molecule has 0 radical (unpaired) electrons. The lowest BCUT2D eigenvalue weighted by atomic mass is 9.90. The van der Waals surface area contributed by atoms with Crippen LogP contribution in [0.4, 0.5) is 0 Å². The van der Waals surface area contributed by atoms with E-state index in [4.69, 9.17) is 15.0 Å². The molecule has 0 aliphatic rings. The molecule has 0 saturated carbocycles. The number of aromatic nitrogens is 4. The van der Waals surface area contributed by atoms with Crippen LogP contribution in [0, 0.1) is 0 Å². The van der Waals surface area contributed by atoms with Gasteiger partial charge in [0.25, 0.3) is 0 Å². The van der Waals surface area contributed by atoms with E-state index in [0.29, 0.717) is 17.5 Å². The third kappa shape index (κ3) is 5.11. The zero-order chi connectivity index (χ0) is 36.3. The Morgan fingerprint density at radius 1 is 0.291 bits per heavy atom. The maximum atomic E-state index is 5.06. The van der Waals surface area contributed by atoms with E-state index in [9.17, 15) is 0 Å². The van der Waals surface area contributed by atoms with E-state index in [0.717, 1.165) is 22.4 Å². The fourth-order valence-electron chi connectivity index (χ4n) is 8.32. The smallest absolute Gasteiger partial charge is 0.164 e. The van der Waals surface area contributed by atoms with Crippen molar-refractivity contribution in [2.45, 2.75) is 0 Å². The number of benzene rings is 9. The molecule has 0 aliphatic carbocycles. The molecule has 0 saturated heterocycles. The summed E-state index contributed by atoms with van der Waals surface area (Å²) in [6, 6.07) is 68.8. The molecule has 2 aromatic heterocycles. The van der Waals surface area contributed by atoms with Crippen LogP contribution in [0.2, 0.25) is 0 Å². The highest BCUT2D eigenvalue weighted by atomic mass is 15.0. The molecule has 55 heavy (non-hydrogen) atoms. The number of fused-ring (bicyclic) bond motifs is 9. The molecule has 0 unspecified atom stereocenters. The van der Waals surface area contributed by atoms with E-state index in [-0.39, 0.29) is 0 Å². The lowest BCUT2D eigenvalue weighted by molar-refractivity contribution is 1.07. The van der Waals surface area contributed by atoms with Crippen molar-refractivity contribution in [2.75, 3.05) is 0 Å². The second-order valence-corrected chi connectivity index (χ2v) is 14.0. The van der Waals surface area contributed by atoms with Crippen LogP contribution < -0.4 is 0 Å². The molecule has 0 fully saturated rings. The second kappa shape index (κ2) is 12.6. The largest absolute Gasteiger partial charge is 0.309 e. The second-order valence-electron chi connectivity index (χ2n) is 14.0. The van der Waals surface area contributed by atoms with Crippen molar-refractivity contribution in [3.8, 4) is 51.0 Å². The number of rotatable bonds is 5. The van der Waals surface area contributed by atoms with Crippen LogP contribution in [0.15, 0.2) is 194 Å². The number of hydrogen-bond donors (Lipinski definition) is 0. The summed E-state index contributed by atoms with van der Waals surface area (Å²) in [6.07, 6.45) is 0. The van der Waals surface area contributed by atoms with Crippen molar-refractivity contribution >= 4 is 54.1 Å². The number of hydrogen-bond acceptors (Lipinski definition) is 3. The Bertz CT molecular complexity index is 3180. The standard InChI is InChI=1S/C51H32N4/c1-4-15-33(16-5-1)49-52-50(34-17-6-2-7-18-34)54-51(53-49)36-28-30-42-44-31-35(27-29-41(44)39-21-10-11-22-40(39)45(42)32-36)38-24-14-26-47-48(38)43-23-12-13-25-46(43)55(47)37-19-8-3-9-20-37/h1-32H. The Morgan fingerprint density at radius 3 is 1.40 bits per heavy atom. The lowest BCUT2D eigenvalue weighted by Gasteiger charge is -2.14. The summed E-state index contributed by atoms with van der Waals surface area (Å²) in [5.74, 6) is 1.95. The molecule has 0 spiro atoms. The Hall–Kier alpha value is -7.43. The monoisotopic (exact) mass is 700 g/mol. The van der Waals surface area contributed by atoms with Crippen molar-refractivity contribution in [2.24, 2.45) is 0 Å². The van der Waals surface area contributed by atoms with Gasteiger partial charge in [-0.25, -0.2) is 15.0 Å². The van der Waals surface area contributed by atoms with Crippen molar-refractivity contribution < 1.29 is 0 Å². The average molecular weight is 701 g/mol. The highest BCUT2D eigenvalue weighted by molar-refractivity contribution is 6.26. The van der Waals surface area contributed by atoms with E-state index < -0.39 is 0 Å². The van der Waals surface area contributed by atoms with Crippen molar-refractivity contribution in [3.05, 3.63) is 194 Å². The number of nitrogens with zero attached hydrogens (tertiary/aromatic N) is 4. The maximum Gasteiger partial charge on any atom is 0.164 e. The SMILES string of the molecule is c1ccc(-c2nc(-c3ccccc3)nc(-c3ccc4c(c3)c3ccccc3c3ccc(-c5cccc6c5c5ccccc5n6-c5ccccc5)cc34)n2)cc1. The van der Waals surface area contributed by atoms with Gasteiger partial charge in [-0.15, -0.1) is 0 Å². The Labute approximate surface area is 317 Å². The first-order valence-electron chi connectivity index (χ1n) is 18.6. The molecule has 0 aliphatic heterocycles. The summed E-state index contributed by atoms with van der Waals surface area (Å²) in [7, 11) is 0. The van der Waals surface area contributed by atoms with Gasteiger partial charge in [0.1, 0.15) is 0 Å². The van der Waals surface area contributed by atoms with E-state index in [2.05, 4.69) is 138 Å². The molecular formula is C51H32N4. The number of para-hydroxylation sites is 2. The summed E-state index contributed by atoms with van der Waals surface area (Å²) in [5, 5.41) is 9.73. The Morgan fingerprint density at radius 2 is 0.745 bits per heavy atom. The van der Waals surface area contributed by atoms with Crippen molar-refractivity contribution in [1.29, 1.82) is 0 Å². The molecule has 0 atom stereocenters.